The molecule has 0 heterocycles. The van der Waals surface area contributed by atoms with Gasteiger partial charge in [-0.1, -0.05) is 6.07 Å². The summed E-state index contributed by atoms with van der Waals surface area (Å²) in [5.74, 6) is 0.129. The van der Waals surface area contributed by atoms with Crippen LogP contribution in [0.3, 0.4) is 0 Å². The molecule has 1 rings (SSSR count). The van der Waals surface area contributed by atoms with E-state index in [1.807, 2.05) is 0 Å². The Labute approximate surface area is 89.3 Å². The van der Waals surface area contributed by atoms with Gasteiger partial charge >= 0.3 is 0 Å². The van der Waals surface area contributed by atoms with Crippen molar-refractivity contribution >= 4 is 15.9 Å². The quantitative estimate of drug-likeness (QED) is 0.880. The van der Waals surface area contributed by atoms with E-state index in [1.54, 1.807) is 0 Å². The van der Waals surface area contributed by atoms with Gasteiger partial charge in [0.15, 0.2) is 11.5 Å². The maximum atomic E-state index is 12.2. The lowest BCUT2D eigenvalue weighted by Crippen LogP contribution is -2.00. The number of halogens is 2. The second-order valence-corrected chi connectivity index (χ2v) is 3.48. The van der Waals surface area contributed by atoms with Crippen molar-refractivity contribution in [2.24, 2.45) is 0 Å². The summed E-state index contributed by atoms with van der Waals surface area (Å²) >= 11 is 3.06. The van der Waals surface area contributed by atoms with Crippen LogP contribution in [0.15, 0.2) is 16.6 Å². The number of phenols is 1. The molecule has 0 aliphatic carbocycles. The minimum Gasteiger partial charge on any atom is -0.503 e. The highest BCUT2D eigenvalue weighted by Crippen LogP contribution is 2.38. The zero-order valence-electron chi connectivity index (χ0n) is 7.50. The van der Waals surface area contributed by atoms with Crippen LogP contribution in [0.2, 0.25) is 0 Å². The third-order valence-corrected chi connectivity index (χ3v) is 2.67. The molecule has 0 saturated heterocycles. The smallest absolute Gasteiger partial charge is 0.172 e. The van der Waals surface area contributed by atoms with Gasteiger partial charge in [-0.2, -0.15) is 0 Å². The zero-order chi connectivity index (χ0) is 10.7. The fourth-order valence-electron chi connectivity index (χ4n) is 1.07. The van der Waals surface area contributed by atoms with Crippen LogP contribution < -0.4 is 4.74 Å². The molecule has 0 aromatic heterocycles. The van der Waals surface area contributed by atoms with E-state index in [1.165, 1.54) is 19.2 Å². The Morgan fingerprint density at radius 2 is 2.21 bits per heavy atom. The first-order chi connectivity index (χ1) is 6.61. The molecule has 2 N–H and O–H groups in total. The molecule has 0 amide bonds. The highest BCUT2D eigenvalue weighted by molar-refractivity contribution is 9.10. The molecular weight excluding hydrogens is 255 g/mol. The summed E-state index contributed by atoms with van der Waals surface area (Å²) in [6.45, 7) is -0.898. The number of ether oxygens (including phenoxy) is 1. The summed E-state index contributed by atoms with van der Waals surface area (Å²) < 4.78 is 17.3. The lowest BCUT2D eigenvalue weighted by atomic mass is 10.1. The molecule has 3 nitrogen and oxygen atoms in total. The summed E-state index contributed by atoms with van der Waals surface area (Å²) in [4.78, 5) is 0. The summed E-state index contributed by atoms with van der Waals surface area (Å²) in [6, 6.07) is 2.96. The van der Waals surface area contributed by atoms with Gasteiger partial charge in [-0.3, -0.25) is 0 Å². The minimum absolute atomic E-state index is 0.141. The molecule has 1 atom stereocenters. The number of aliphatic hydroxyl groups is 1. The first-order valence-electron chi connectivity index (χ1n) is 3.91. The number of rotatable bonds is 3. The van der Waals surface area contributed by atoms with Crippen molar-refractivity contribution in [3.05, 3.63) is 22.2 Å². The largest absolute Gasteiger partial charge is 0.503 e. The van der Waals surface area contributed by atoms with E-state index in [0.717, 1.165) is 0 Å². The Morgan fingerprint density at radius 1 is 1.57 bits per heavy atom. The summed E-state index contributed by atoms with van der Waals surface area (Å²) in [7, 11) is 1.41. The Morgan fingerprint density at radius 3 is 2.71 bits per heavy atom. The van der Waals surface area contributed by atoms with Crippen molar-refractivity contribution in [3.63, 3.8) is 0 Å². The number of hydrogen-bond acceptors (Lipinski definition) is 3. The van der Waals surface area contributed by atoms with E-state index in [0.29, 0.717) is 5.56 Å². The van der Waals surface area contributed by atoms with Crippen LogP contribution in [-0.2, 0) is 0 Å². The predicted octanol–water partition coefficient (Wildman–Crippen LogP) is 2.17. The Bertz CT molecular complexity index is 330. The second kappa shape index (κ2) is 4.61. The molecular formula is C9H10BrFO3. The SMILES string of the molecule is COc1ccc(C(O)CF)c(Br)c1O. The highest BCUT2D eigenvalue weighted by Gasteiger charge is 2.16. The van der Waals surface area contributed by atoms with E-state index in [4.69, 9.17) is 4.74 Å². The standard InChI is InChI=1S/C9H10BrFO3/c1-14-7-3-2-5(6(12)4-11)8(10)9(7)13/h2-3,6,12-13H,4H2,1H3. The van der Waals surface area contributed by atoms with Gasteiger partial charge in [-0.25, -0.2) is 4.39 Å². The van der Waals surface area contributed by atoms with Crippen molar-refractivity contribution in [3.8, 4) is 11.5 Å². The van der Waals surface area contributed by atoms with Crippen molar-refractivity contribution in [1.29, 1.82) is 0 Å². The van der Waals surface area contributed by atoms with Crippen molar-refractivity contribution in [1.82, 2.24) is 0 Å². The molecule has 1 aromatic carbocycles. The van der Waals surface area contributed by atoms with Gasteiger partial charge in [-0.05, 0) is 22.0 Å². The fraction of sp³-hybridized carbons (Fsp3) is 0.333. The first-order valence-corrected chi connectivity index (χ1v) is 4.70. The van der Waals surface area contributed by atoms with E-state index in [9.17, 15) is 14.6 Å². The molecule has 14 heavy (non-hydrogen) atoms. The molecule has 0 fully saturated rings. The van der Waals surface area contributed by atoms with Crippen molar-refractivity contribution < 1.29 is 19.3 Å². The Hall–Kier alpha value is -0.810. The normalized spacial score (nSPS) is 12.6. The third-order valence-electron chi connectivity index (χ3n) is 1.83. The van der Waals surface area contributed by atoms with Crippen LogP contribution in [0.25, 0.3) is 0 Å². The molecule has 1 aromatic rings. The molecule has 0 saturated carbocycles. The predicted molar refractivity (Wildman–Crippen MR) is 53.3 cm³/mol. The van der Waals surface area contributed by atoms with Crippen LogP contribution in [-0.4, -0.2) is 24.0 Å². The lowest BCUT2D eigenvalue weighted by molar-refractivity contribution is 0.140. The van der Waals surface area contributed by atoms with Gasteiger partial charge in [-0.15, -0.1) is 0 Å². The second-order valence-electron chi connectivity index (χ2n) is 2.69. The van der Waals surface area contributed by atoms with Gasteiger partial charge in [0.25, 0.3) is 0 Å². The molecule has 5 heteroatoms. The number of hydrogen-bond donors (Lipinski definition) is 2. The van der Waals surface area contributed by atoms with E-state index in [-0.39, 0.29) is 16.0 Å². The minimum atomic E-state index is -1.24. The summed E-state index contributed by atoms with van der Waals surface area (Å²) in [5, 5.41) is 18.8. The van der Waals surface area contributed by atoms with Crippen molar-refractivity contribution in [2.45, 2.75) is 6.10 Å². The monoisotopic (exact) mass is 264 g/mol. The Kier molecular flexibility index (Phi) is 3.71. The van der Waals surface area contributed by atoms with Gasteiger partial charge in [0, 0.05) is 5.56 Å². The van der Waals surface area contributed by atoms with E-state index in [2.05, 4.69) is 15.9 Å². The van der Waals surface area contributed by atoms with Crippen LogP contribution >= 0.6 is 15.9 Å². The average molecular weight is 265 g/mol. The van der Waals surface area contributed by atoms with Crippen LogP contribution in [0.5, 0.6) is 11.5 Å². The fourth-order valence-corrected chi connectivity index (χ4v) is 1.66. The molecule has 0 aliphatic rings. The number of methoxy groups -OCH3 is 1. The number of aliphatic hydroxyl groups excluding tert-OH is 1. The maximum Gasteiger partial charge on any atom is 0.172 e. The average Bonchev–Trinajstić information content (AvgIpc) is 2.21. The van der Waals surface area contributed by atoms with E-state index < -0.39 is 12.8 Å². The topological polar surface area (TPSA) is 49.7 Å². The summed E-state index contributed by atoms with van der Waals surface area (Å²) in [5.41, 5.74) is 0.297. The summed E-state index contributed by atoms with van der Waals surface area (Å²) in [6.07, 6.45) is -1.24. The number of alkyl halides is 1. The van der Waals surface area contributed by atoms with Crippen LogP contribution in [0, 0.1) is 0 Å². The zero-order valence-corrected chi connectivity index (χ0v) is 9.08. The van der Waals surface area contributed by atoms with Gasteiger partial charge in [0.1, 0.15) is 12.8 Å². The molecule has 0 spiro atoms. The van der Waals surface area contributed by atoms with Crippen LogP contribution in [0.1, 0.15) is 11.7 Å². The number of benzene rings is 1. The third kappa shape index (κ3) is 1.99. The lowest BCUT2D eigenvalue weighted by Gasteiger charge is -2.12. The Balaban J connectivity index is 3.17. The molecule has 0 bridgehead atoms. The van der Waals surface area contributed by atoms with Gasteiger partial charge in [0.05, 0.1) is 11.6 Å². The first kappa shape index (κ1) is 11.3. The maximum absolute atomic E-state index is 12.2. The molecule has 1 unspecified atom stereocenters. The number of phenolic OH excluding ortho intramolecular Hbond substituents is 1. The van der Waals surface area contributed by atoms with E-state index >= 15 is 0 Å². The van der Waals surface area contributed by atoms with Crippen molar-refractivity contribution in [2.75, 3.05) is 13.8 Å². The van der Waals surface area contributed by atoms with Gasteiger partial charge in [0.2, 0.25) is 0 Å². The molecule has 0 radical (unpaired) electrons. The molecule has 78 valence electrons. The highest BCUT2D eigenvalue weighted by atomic mass is 79.9. The number of aromatic hydroxyl groups is 1. The van der Waals surface area contributed by atoms with Gasteiger partial charge < -0.3 is 14.9 Å². The van der Waals surface area contributed by atoms with Crippen LogP contribution in [0.4, 0.5) is 4.39 Å². The molecule has 0 aliphatic heterocycles.